The van der Waals surface area contributed by atoms with Crippen LogP contribution in [0.5, 0.6) is 0 Å². The molecule has 11 rings (SSSR count). The topological polar surface area (TPSA) is 6.48 Å². The molecule has 0 amide bonds. The predicted octanol–water partition coefficient (Wildman–Crippen LogP) is 10.4. The molecular weight excluding hydrogens is 591 g/mol. The maximum atomic E-state index is 2.56. The van der Waals surface area contributed by atoms with Gasteiger partial charge in [0.2, 0.25) is 0 Å². The van der Waals surface area contributed by atoms with Gasteiger partial charge in [-0.15, -0.1) is 0 Å². The van der Waals surface area contributed by atoms with Gasteiger partial charge in [0, 0.05) is 44.3 Å². The minimum absolute atomic E-state index is 0.0913. The normalized spacial score (nSPS) is 13.2. The highest BCUT2D eigenvalue weighted by Gasteiger charge is 2.43. The molecule has 0 aliphatic carbocycles. The first-order valence-electron chi connectivity index (χ1n) is 17.1. The molecule has 2 aliphatic heterocycles. The highest BCUT2D eigenvalue weighted by atomic mass is 15.2. The lowest BCUT2D eigenvalue weighted by Crippen LogP contribution is -2.61. The molecule has 2 nitrogen and oxygen atoms in total. The third-order valence-electron chi connectivity index (χ3n) is 10.7. The highest BCUT2D eigenvalue weighted by molar-refractivity contribution is 7.00. The molecule has 226 valence electrons. The average molecular weight is 621 g/mol. The fourth-order valence-corrected chi connectivity index (χ4v) is 8.78. The van der Waals surface area contributed by atoms with Gasteiger partial charge in [-0.25, -0.2) is 0 Å². The molecule has 0 N–H and O–H groups in total. The first-order valence-corrected chi connectivity index (χ1v) is 17.1. The van der Waals surface area contributed by atoms with Gasteiger partial charge in [-0.2, -0.15) is 0 Å². The van der Waals surface area contributed by atoms with Crippen molar-refractivity contribution in [3.05, 3.63) is 176 Å². The van der Waals surface area contributed by atoms with Crippen molar-refractivity contribution in [2.45, 2.75) is 0 Å². The lowest BCUT2D eigenvalue weighted by molar-refractivity contribution is 1.28. The minimum atomic E-state index is 0.0913. The van der Waals surface area contributed by atoms with E-state index in [4.69, 9.17) is 0 Å². The van der Waals surface area contributed by atoms with E-state index in [1.165, 1.54) is 93.6 Å². The molecule has 9 aromatic rings. The van der Waals surface area contributed by atoms with Gasteiger partial charge in [0.15, 0.2) is 0 Å². The molecule has 2 aliphatic rings. The minimum Gasteiger partial charge on any atom is -0.310 e. The molecule has 3 heteroatoms. The second-order valence-electron chi connectivity index (χ2n) is 13.3. The quantitative estimate of drug-likeness (QED) is 0.140. The maximum Gasteiger partial charge on any atom is 0.252 e. The van der Waals surface area contributed by atoms with Gasteiger partial charge in [0.05, 0.1) is 11.4 Å². The van der Waals surface area contributed by atoms with E-state index < -0.39 is 0 Å². The van der Waals surface area contributed by atoms with Crippen LogP contribution in [0.25, 0.3) is 43.1 Å². The van der Waals surface area contributed by atoms with Crippen LogP contribution in [0, 0.1) is 0 Å². The van der Waals surface area contributed by atoms with E-state index in [2.05, 4.69) is 186 Å². The molecule has 0 saturated carbocycles. The number of benzene rings is 9. The van der Waals surface area contributed by atoms with E-state index in [0.717, 1.165) is 0 Å². The number of nitrogens with zero attached hydrogens (tertiary/aromatic N) is 2. The van der Waals surface area contributed by atoms with Gasteiger partial charge < -0.3 is 9.80 Å². The van der Waals surface area contributed by atoms with E-state index in [1.54, 1.807) is 0 Å². The second kappa shape index (κ2) is 10.1. The van der Waals surface area contributed by atoms with E-state index in [1.807, 2.05) is 0 Å². The predicted molar refractivity (Wildman–Crippen MR) is 210 cm³/mol. The van der Waals surface area contributed by atoms with Crippen LogP contribution in [0.3, 0.4) is 0 Å². The van der Waals surface area contributed by atoms with Crippen molar-refractivity contribution in [1.82, 2.24) is 0 Å². The van der Waals surface area contributed by atoms with Crippen molar-refractivity contribution in [3.8, 4) is 0 Å². The van der Waals surface area contributed by atoms with Gasteiger partial charge in [-0.05, 0) is 74.3 Å². The van der Waals surface area contributed by atoms with Gasteiger partial charge in [-0.1, -0.05) is 140 Å². The van der Waals surface area contributed by atoms with Crippen LogP contribution in [-0.2, 0) is 0 Å². The summed E-state index contributed by atoms with van der Waals surface area (Å²) < 4.78 is 0. The average Bonchev–Trinajstić information content (AvgIpc) is 3.16. The zero-order valence-corrected chi connectivity index (χ0v) is 26.7. The Morgan fingerprint density at radius 3 is 1.04 bits per heavy atom. The van der Waals surface area contributed by atoms with Gasteiger partial charge in [0.25, 0.3) is 6.71 Å². The SMILES string of the molecule is c1ccc2c(c1)B1c3ccccc3N(c3c4ccccc4cc4ccccc34)c3cccc(c31)N2c1c2ccccc2cc2ccccc12. The van der Waals surface area contributed by atoms with Gasteiger partial charge >= 0.3 is 0 Å². The van der Waals surface area contributed by atoms with Crippen LogP contribution in [0.15, 0.2) is 176 Å². The Bertz CT molecular complexity index is 2520. The molecule has 0 aromatic heterocycles. The van der Waals surface area contributed by atoms with Crippen molar-refractivity contribution in [1.29, 1.82) is 0 Å². The van der Waals surface area contributed by atoms with Gasteiger partial charge in [-0.3, -0.25) is 0 Å². The fraction of sp³-hybridized carbons (Fsp3) is 0. The summed E-state index contributed by atoms with van der Waals surface area (Å²) in [5.41, 5.74) is 11.4. The van der Waals surface area contributed by atoms with Crippen LogP contribution < -0.4 is 26.2 Å². The standard InChI is InChI=1S/C46H29BN2/c1-5-18-34-30(14-1)28-31-15-2-6-19-35(31)45(34)48-40-24-11-9-22-38(40)47-39-23-10-12-25-41(39)49(43-27-13-26-42(48)44(43)47)46-36-20-7-3-16-32(36)29-33-17-4-8-21-37(33)46/h1-29H. The van der Waals surface area contributed by atoms with Gasteiger partial charge in [0.1, 0.15) is 0 Å². The number of para-hydroxylation sites is 2. The fourth-order valence-electron chi connectivity index (χ4n) is 8.78. The molecule has 0 spiro atoms. The number of anilines is 6. The third-order valence-corrected chi connectivity index (χ3v) is 10.7. The number of hydrogen-bond acceptors (Lipinski definition) is 2. The first-order chi connectivity index (χ1) is 24.3. The lowest BCUT2D eigenvalue weighted by atomic mass is 9.33. The third kappa shape index (κ3) is 3.67. The zero-order chi connectivity index (χ0) is 32.1. The van der Waals surface area contributed by atoms with Crippen molar-refractivity contribution in [2.24, 2.45) is 0 Å². The summed E-state index contributed by atoms with van der Waals surface area (Å²) in [5.74, 6) is 0. The molecule has 0 bridgehead atoms. The molecule has 0 fully saturated rings. The van der Waals surface area contributed by atoms with Crippen molar-refractivity contribution in [3.63, 3.8) is 0 Å². The van der Waals surface area contributed by atoms with E-state index in [0.29, 0.717) is 0 Å². The molecule has 0 radical (unpaired) electrons. The van der Waals surface area contributed by atoms with Crippen LogP contribution in [0.4, 0.5) is 34.1 Å². The molecule has 2 heterocycles. The first kappa shape index (κ1) is 26.7. The summed E-state index contributed by atoms with van der Waals surface area (Å²) in [6, 6.07) is 65.1. The Labute approximate surface area is 285 Å². The summed E-state index contributed by atoms with van der Waals surface area (Å²) in [7, 11) is 0. The smallest absolute Gasteiger partial charge is 0.252 e. The molecule has 9 aromatic carbocycles. The Morgan fingerprint density at radius 2 is 0.633 bits per heavy atom. The highest BCUT2D eigenvalue weighted by Crippen LogP contribution is 2.49. The Morgan fingerprint density at radius 1 is 0.306 bits per heavy atom. The Balaban J connectivity index is 1.29. The van der Waals surface area contributed by atoms with Crippen molar-refractivity contribution in [2.75, 3.05) is 9.80 Å². The number of fused-ring (bicyclic) bond motifs is 8. The van der Waals surface area contributed by atoms with Crippen molar-refractivity contribution < 1.29 is 0 Å². The molecule has 0 unspecified atom stereocenters. The van der Waals surface area contributed by atoms with E-state index in [-0.39, 0.29) is 6.71 Å². The van der Waals surface area contributed by atoms with E-state index in [9.17, 15) is 0 Å². The summed E-state index contributed by atoms with van der Waals surface area (Å²) in [6.07, 6.45) is 0. The summed E-state index contributed by atoms with van der Waals surface area (Å²) in [4.78, 5) is 5.12. The van der Waals surface area contributed by atoms with Crippen molar-refractivity contribution >= 4 is 100 Å². The Kier molecular flexibility index (Phi) is 5.50. The van der Waals surface area contributed by atoms with Crippen LogP contribution in [0.2, 0.25) is 0 Å². The summed E-state index contributed by atoms with van der Waals surface area (Å²) in [6.45, 7) is 0.0913. The lowest BCUT2D eigenvalue weighted by Gasteiger charge is -2.44. The van der Waals surface area contributed by atoms with Crippen LogP contribution in [0.1, 0.15) is 0 Å². The molecular formula is C46H29BN2. The van der Waals surface area contributed by atoms with Crippen LogP contribution in [-0.4, -0.2) is 6.71 Å². The molecule has 49 heavy (non-hydrogen) atoms. The monoisotopic (exact) mass is 620 g/mol. The van der Waals surface area contributed by atoms with Crippen LogP contribution >= 0.6 is 0 Å². The number of hydrogen-bond donors (Lipinski definition) is 0. The number of rotatable bonds is 2. The summed E-state index contributed by atoms with van der Waals surface area (Å²) in [5, 5.41) is 9.98. The largest absolute Gasteiger partial charge is 0.310 e. The summed E-state index contributed by atoms with van der Waals surface area (Å²) >= 11 is 0. The second-order valence-corrected chi connectivity index (χ2v) is 13.3. The molecule has 0 saturated heterocycles. The zero-order valence-electron chi connectivity index (χ0n) is 26.7. The molecule has 0 atom stereocenters. The maximum absolute atomic E-state index is 2.56. The Hall–Kier alpha value is -6.32. The van der Waals surface area contributed by atoms with E-state index >= 15 is 0 Å².